The SMILES string of the molecule is CCCC(CCC)c1nc(C(=O)C(C)C)c[nH]1. The molecule has 1 heterocycles. The van der Waals surface area contributed by atoms with Crippen LogP contribution in [0.25, 0.3) is 0 Å². The maximum absolute atomic E-state index is 11.8. The van der Waals surface area contributed by atoms with Gasteiger partial charge in [0.05, 0.1) is 0 Å². The van der Waals surface area contributed by atoms with Gasteiger partial charge < -0.3 is 4.98 Å². The zero-order valence-electron chi connectivity index (χ0n) is 11.4. The van der Waals surface area contributed by atoms with Crippen LogP contribution in [0.15, 0.2) is 6.20 Å². The van der Waals surface area contributed by atoms with Crippen molar-refractivity contribution in [2.24, 2.45) is 5.92 Å². The van der Waals surface area contributed by atoms with Crippen LogP contribution < -0.4 is 0 Å². The zero-order valence-corrected chi connectivity index (χ0v) is 11.4. The van der Waals surface area contributed by atoms with Crippen molar-refractivity contribution in [3.8, 4) is 0 Å². The predicted octanol–water partition coefficient (Wildman–Crippen LogP) is 3.93. The number of nitrogens with one attached hydrogen (secondary N) is 1. The first-order chi connectivity index (χ1) is 8.10. The quantitative estimate of drug-likeness (QED) is 0.729. The highest BCUT2D eigenvalue weighted by atomic mass is 16.1. The summed E-state index contributed by atoms with van der Waals surface area (Å²) < 4.78 is 0. The van der Waals surface area contributed by atoms with E-state index in [0.29, 0.717) is 11.6 Å². The molecule has 3 nitrogen and oxygen atoms in total. The molecule has 1 N–H and O–H groups in total. The van der Waals surface area contributed by atoms with E-state index in [4.69, 9.17) is 0 Å². The van der Waals surface area contributed by atoms with Crippen LogP contribution in [0.4, 0.5) is 0 Å². The fourth-order valence-corrected chi connectivity index (χ4v) is 2.08. The zero-order chi connectivity index (χ0) is 12.8. The Morgan fingerprint density at radius 1 is 1.29 bits per heavy atom. The minimum Gasteiger partial charge on any atom is -0.348 e. The van der Waals surface area contributed by atoms with E-state index in [9.17, 15) is 4.79 Å². The first-order valence-electron chi connectivity index (χ1n) is 6.69. The number of rotatable bonds is 7. The summed E-state index contributed by atoms with van der Waals surface area (Å²) in [5, 5.41) is 0. The van der Waals surface area contributed by atoms with Crippen molar-refractivity contribution in [2.75, 3.05) is 0 Å². The number of carbonyl (C=O) groups is 1. The van der Waals surface area contributed by atoms with Gasteiger partial charge in [0.25, 0.3) is 0 Å². The molecule has 0 saturated heterocycles. The monoisotopic (exact) mass is 236 g/mol. The molecule has 0 fully saturated rings. The number of aromatic nitrogens is 2. The van der Waals surface area contributed by atoms with Gasteiger partial charge in [0, 0.05) is 18.0 Å². The minimum atomic E-state index is 0.0157. The molecule has 0 radical (unpaired) electrons. The number of carbonyl (C=O) groups excluding carboxylic acids is 1. The van der Waals surface area contributed by atoms with E-state index in [-0.39, 0.29) is 11.7 Å². The molecule has 96 valence electrons. The summed E-state index contributed by atoms with van der Waals surface area (Å²) >= 11 is 0. The molecule has 0 aliphatic heterocycles. The highest BCUT2D eigenvalue weighted by Gasteiger charge is 2.18. The average Bonchev–Trinajstić information content (AvgIpc) is 2.76. The van der Waals surface area contributed by atoms with Crippen molar-refractivity contribution < 1.29 is 4.79 Å². The molecule has 17 heavy (non-hydrogen) atoms. The molecular weight excluding hydrogens is 212 g/mol. The highest BCUT2D eigenvalue weighted by molar-refractivity contribution is 5.95. The molecule has 0 aliphatic carbocycles. The van der Waals surface area contributed by atoms with E-state index in [1.54, 1.807) is 6.20 Å². The van der Waals surface area contributed by atoms with Gasteiger partial charge in [-0.3, -0.25) is 4.79 Å². The summed E-state index contributed by atoms with van der Waals surface area (Å²) in [5.74, 6) is 1.60. The third-order valence-corrected chi connectivity index (χ3v) is 3.04. The first kappa shape index (κ1) is 13.9. The van der Waals surface area contributed by atoms with Gasteiger partial charge >= 0.3 is 0 Å². The smallest absolute Gasteiger partial charge is 0.185 e. The van der Waals surface area contributed by atoms with Gasteiger partial charge in [-0.25, -0.2) is 4.98 Å². The summed E-state index contributed by atoms with van der Waals surface area (Å²) in [5.41, 5.74) is 0.590. The van der Waals surface area contributed by atoms with Crippen LogP contribution in [0.2, 0.25) is 0 Å². The molecule has 0 aromatic carbocycles. The molecule has 3 heteroatoms. The third-order valence-electron chi connectivity index (χ3n) is 3.04. The lowest BCUT2D eigenvalue weighted by Crippen LogP contribution is -2.08. The van der Waals surface area contributed by atoms with Gasteiger partial charge in [-0.15, -0.1) is 0 Å². The molecule has 0 saturated carbocycles. The van der Waals surface area contributed by atoms with E-state index in [0.717, 1.165) is 31.5 Å². The molecule has 1 aromatic rings. The summed E-state index contributed by atoms with van der Waals surface area (Å²) in [7, 11) is 0. The van der Waals surface area contributed by atoms with E-state index in [1.165, 1.54) is 0 Å². The summed E-state index contributed by atoms with van der Waals surface area (Å²) in [6, 6.07) is 0. The van der Waals surface area contributed by atoms with Gasteiger partial charge in [0.2, 0.25) is 0 Å². The Bertz CT molecular complexity index is 349. The van der Waals surface area contributed by atoms with Gasteiger partial charge in [-0.2, -0.15) is 0 Å². The van der Waals surface area contributed by atoms with Crippen molar-refractivity contribution >= 4 is 5.78 Å². The van der Waals surface area contributed by atoms with E-state index in [1.807, 2.05) is 13.8 Å². The van der Waals surface area contributed by atoms with Gasteiger partial charge in [-0.1, -0.05) is 40.5 Å². The molecule has 0 unspecified atom stereocenters. The fraction of sp³-hybridized carbons (Fsp3) is 0.714. The van der Waals surface area contributed by atoms with Gasteiger partial charge in [0.1, 0.15) is 11.5 Å². The second-order valence-electron chi connectivity index (χ2n) is 4.96. The van der Waals surface area contributed by atoms with E-state index in [2.05, 4.69) is 23.8 Å². The Kier molecular flexibility index (Phi) is 5.39. The fourth-order valence-electron chi connectivity index (χ4n) is 2.08. The lowest BCUT2D eigenvalue weighted by Gasteiger charge is -2.11. The Labute approximate surface area is 104 Å². The molecule has 0 aliphatic rings. The number of Topliss-reactive ketones (excluding diaryl/α,β-unsaturated/α-hetero) is 1. The molecule has 0 bridgehead atoms. The van der Waals surface area contributed by atoms with Crippen LogP contribution >= 0.6 is 0 Å². The number of nitrogens with zero attached hydrogens (tertiary/aromatic N) is 1. The molecule has 0 amide bonds. The topological polar surface area (TPSA) is 45.8 Å². The maximum Gasteiger partial charge on any atom is 0.185 e. The van der Waals surface area contributed by atoms with Crippen molar-refractivity contribution in [3.05, 3.63) is 17.7 Å². The Balaban J connectivity index is 2.80. The maximum atomic E-state index is 11.8. The third kappa shape index (κ3) is 3.69. The number of aromatic amines is 1. The van der Waals surface area contributed by atoms with E-state index < -0.39 is 0 Å². The first-order valence-corrected chi connectivity index (χ1v) is 6.69. The number of H-pyrrole nitrogens is 1. The lowest BCUT2D eigenvalue weighted by molar-refractivity contribution is 0.0934. The number of ketones is 1. The largest absolute Gasteiger partial charge is 0.348 e. The molecule has 0 atom stereocenters. The number of imidazole rings is 1. The lowest BCUT2D eigenvalue weighted by atomic mass is 9.98. The van der Waals surface area contributed by atoms with E-state index >= 15 is 0 Å². The van der Waals surface area contributed by atoms with Crippen LogP contribution in [0.3, 0.4) is 0 Å². The Hall–Kier alpha value is -1.12. The predicted molar refractivity (Wildman–Crippen MR) is 70.3 cm³/mol. The van der Waals surface area contributed by atoms with Crippen LogP contribution in [0.1, 0.15) is 75.6 Å². The van der Waals surface area contributed by atoms with Crippen molar-refractivity contribution in [3.63, 3.8) is 0 Å². The Morgan fingerprint density at radius 3 is 2.35 bits per heavy atom. The highest BCUT2D eigenvalue weighted by Crippen LogP contribution is 2.24. The second-order valence-corrected chi connectivity index (χ2v) is 4.96. The van der Waals surface area contributed by atoms with Crippen LogP contribution in [-0.4, -0.2) is 15.8 Å². The van der Waals surface area contributed by atoms with Crippen LogP contribution in [-0.2, 0) is 0 Å². The van der Waals surface area contributed by atoms with Crippen LogP contribution in [0, 0.1) is 5.92 Å². The summed E-state index contributed by atoms with van der Waals surface area (Å²) in [6.45, 7) is 8.19. The van der Waals surface area contributed by atoms with Crippen LogP contribution in [0.5, 0.6) is 0 Å². The summed E-state index contributed by atoms with van der Waals surface area (Å²) in [4.78, 5) is 19.5. The second kappa shape index (κ2) is 6.58. The molecule has 1 rings (SSSR count). The molecule has 0 spiro atoms. The standard InChI is InChI=1S/C14H24N2O/c1-5-7-11(8-6-2)14-15-9-12(16-14)13(17)10(3)4/h9-11H,5-8H2,1-4H3,(H,15,16). The number of hydrogen-bond acceptors (Lipinski definition) is 2. The van der Waals surface area contributed by atoms with Crippen molar-refractivity contribution in [1.29, 1.82) is 0 Å². The van der Waals surface area contributed by atoms with Gasteiger partial charge in [0.15, 0.2) is 5.78 Å². The van der Waals surface area contributed by atoms with Gasteiger partial charge in [-0.05, 0) is 12.8 Å². The molecular formula is C14H24N2O. The minimum absolute atomic E-state index is 0.0157. The Morgan fingerprint density at radius 2 is 1.88 bits per heavy atom. The van der Waals surface area contributed by atoms with Crippen molar-refractivity contribution in [1.82, 2.24) is 9.97 Å². The van der Waals surface area contributed by atoms with Crippen molar-refractivity contribution in [2.45, 2.75) is 59.3 Å². The summed E-state index contributed by atoms with van der Waals surface area (Å²) in [6.07, 6.45) is 6.33. The normalized spacial score (nSPS) is 11.4. The molecule has 1 aromatic heterocycles. The average molecular weight is 236 g/mol. The number of hydrogen-bond donors (Lipinski definition) is 1.